The zero-order valence-corrected chi connectivity index (χ0v) is 19.3. The van der Waals surface area contributed by atoms with Crippen molar-refractivity contribution in [2.45, 2.75) is 37.6 Å². The molecule has 8 nitrogen and oxygen atoms in total. The van der Waals surface area contributed by atoms with Crippen LogP contribution in [0.15, 0.2) is 23.1 Å². The number of ether oxygens (including phenoxy) is 2. The largest absolute Gasteiger partial charge is 0.497 e. The molecule has 0 N–H and O–H groups in total. The lowest BCUT2D eigenvalue weighted by Gasteiger charge is -2.29. The lowest BCUT2D eigenvalue weighted by atomic mass is 10.2. The lowest BCUT2D eigenvalue weighted by Crippen LogP contribution is -2.42. The highest BCUT2D eigenvalue weighted by Crippen LogP contribution is 2.33. The Kier molecular flexibility index (Phi) is 8.33. The van der Waals surface area contributed by atoms with Crippen molar-refractivity contribution in [1.29, 1.82) is 0 Å². The van der Waals surface area contributed by atoms with Gasteiger partial charge in [-0.1, -0.05) is 13.8 Å². The van der Waals surface area contributed by atoms with Gasteiger partial charge in [0, 0.05) is 18.7 Å². The van der Waals surface area contributed by atoms with Gasteiger partial charge in [-0.15, -0.1) is 0 Å². The quantitative estimate of drug-likeness (QED) is 0.508. The number of hydrogen-bond donors (Lipinski definition) is 0. The molecular formula is C19H32N2O6S2. The van der Waals surface area contributed by atoms with Crippen molar-refractivity contribution in [2.24, 2.45) is 0 Å². The van der Waals surface area contributed by atoms with E-state index in [4.69, 9.17) is 9.47 Å². The maximum Gasteiger partial charge on any atom is 0.247 e. The van der Waals surface area contributed by atoms with Gasteiger partial charge in [-0.3, -0.25) is 0 Å². The molecular weight excluding hydrogens is 416 g/mol. The summed E-state index contributed by atoms with van der Waals surface area (Å²) < 4.78 is 63.0. The van der Waals surface area contributed by atoms with Gasteiger partial charge in [0.25, 0.3) is 0 Å². The van der Waals surface area contributed by atoms with Crippen LogP contribution in [0.5, 0.6) is 11.5 Å². The molecule has 0 aromatic heterocycles. The summed E-state index contributed by atoms with van der Waals surface area (Å²) in [5.41, 5.74) is 0. The zero-order valence-electron chi connectivity index (χ0n) is 17.6. The Morgan fingerprint density at radius 3 is 2.31 bits per heavy atom. The summed E-state index contributed by atoms with van der Waals surface area (Å²) in [5.74, 6) is 0.463. The van der Waals surface area contributed by atoms with Crippen molar-refractivity contribution in [3.63, 3.8) is 0 Å². The molecule has 10 heteroatoms. The molecule has 0 saturated carbocycles. The third-order valence-electron chi connectivity index (χ3n) is 5.32. The Hall–Kier alpha value is -1.36. The summed E-state index contributed by atoms with van der Waals surface area (Å²) in [7, 11) is -4.34. The summed E-state index contributed by atoms with van der Waals surface area (Å²) in [6.45, 7) is 6.87. The highest BCUT2D eigenvalue weighted by Gasteiger charge is 2.39. The van der Waals surface area contributed by atoms with Crippen molar-refractivity contribution in [1.82, 2.24) is 9.21 Å². The molecule has 1 fully saturated rings. The maximum atomic E-state index is 13.6. The smallest absolute Gasteiger partial charge is 0.247 e. The normalized spacial score (nSPS) is 19.0. The highest BCUT2D eigenvalue weighted by molar-refractivity contribution is 7.92. The van der Waals surface area contributed by atoms with Crippen LogP contribution in [0.1, 0.15) is 26.7 Å². The molecule has 166 valence electrons. The van der Waals surface area contributed by atoms with E-state index in [1.807, 2.05) is 0 Å². The van der Waals surface area contributed by atoms with Crippen LogP contribution in [-0.2, 0) is 19.9 Å². The van der Waals surface area contributed by atoms with Gasteiger partial charge < -0.3 is 14.4 Å². The monoisotopic (exact) mass is 448 g/mol. The Labute approximate surface area is 174 Å². The Bertz CT molecular complexity index is 882. The van der Waals surface area contributed by atoms with Crippen LogP contribution in [0, 0.1) is 0 Å². The Morgan fingerprint density at radius 2 is 1.79 bits per heavy atom. The summed E-state index contributed by atoms with van der Waals surface area (Å²) in [6.07, 6.45) is 0.920. The molecule has 2 rings (SSSR count). The number of rotatable bonds is 11. The predicted octanol–water partition coefficient (Wildman–Crippen LogP) is 1.61. The van der Waals surface area contributed by atoms with Gasteiger partial charge in [0.05, 0.1) is 25.7 Å². The van der Waals surface area contributed by atoms with E-state index < -0.39 is 25.9 Å². The summed E-state index contributed by atoms with van der Waals surface area (Å²) in [5, 5.41) is 0. The molecule has 1 heterocycles. The first-order valence-electron chi connectivity index (χ1n) is 9.85. The van der Waals surface area contributed by atoms with Crippen LogP contribution in [0.25, 0.3) is 0 Å². The minimum absolute atomic E-state index is 0.00788. The van der Waals surface area contributed by atoms with E-state index in [2.05, 4.69) is 18.7 Å². The van der Waals surface area contributed by atoms with Gasteiger partial charge >= 0.3 is 0 Å². The molecule has 0 aliphatic carbocycles. The highest BCUT2D eigenvalue weighted by atomic mass is 32.2. The second-order valence-electron chi connectivity index (χ2n) is 7.07. The molecule has 1 saturated heterocycles. The second-order valence-corrected chi connectivity index (χ2v) is 11.2. The predicted molar refractivity (Wildman–Crippen MR) is 113 cm³/mol. The fraction of sp³-hybridized carbons (Fsp3) is 0.684. The number of nitrogens with zero attached hydrogens (tertiary/aromatic N) is 2. The van der Waals surface area contributed by atoms with Crippen LogP contribution in [0.4, 0.5) is 0 Å². The minimum atomic E-state index is -3.98. The van der Waals surface area contributed by atoms with E-state index in [1.54, 1.807) is 12.1 Å². The number of hydrogen-bond acceptors (Lipinski definition) is 7. The Morgan fingerprint density at radius 1 is 1.10 bits per heavy atom. The summed E-state index contributed by atoms with van der Waals surface area (Å²) >= 11 is 0. The van der Waals surface area contributed by atoms with Gasteiger partial charge in [0.2, 0.25) is 10.0 Å². The van der Waals surface area contributed by atoms with Crippen molar-refractivity contribution < 1.29 is 26.3 Å². The molecule has 1 atom stereocenters. The van der Waals surface area contributed by atoms with Crippen LogP contribution in [0.3, 0.4) is 0 Å². The molecule has 1 aromatic carbocycles. The molecule has 1 aliphatic rings. The van der Waals surface area contributed by atoms with E-state index in [-0.39, 0.29) is 28.7 Å². The van der Waals surface area contributed by atoms with Crippen LogP contribution >= 0.6 is 0 Å². The van der Waals surface area contributed by atoms with Gasteiger partial charge in [-0.25, -0.2) is 16.8 Å². The molecule has 0 unspecified atom stereocenters. The van der Waals surface area contributed by atoms with Gasteiger partial charge in [-0.2, -0.15) is 4.31 Å². The average molecular weight is 449 g/mol. The molecule has 1 aromatic rings. The molecule has 0 bridgehead atoms. The van der Waals surface area contributed by atoms with E-state index in [1.165, 1.54) is 24.6 Å². The SMILES string of the molecule is CCN(CC)CCCN([C@@H]1CCS(=O)(=O)C1)S(=O)(=O)c1cc(OC)ccc1OC. The molecule has 29 heavy (non-hydrogen) atoms. The van der Waals surface area contributed by atoms with Gasteiger partial charge in [0.1, 0.15) is 16.4 Å². The fourth-order valence-electron chi connectivity index (χ4n) is 3.60. The van der Waals surface area contributed by atoms with E-state index in [9.17, 15) is 16.8 Å². The first kappa shape index (κ1) is 23.9. The van der Waals surface area contributed by atoms with E-state index in [0.29, 0.717) is 18.6 Å². The maximum absolute atomic E-state index is 13.6. The van der Waals surface area contributed by atoms with Crippen molar-refractivity contribution in [2.75, 3.05) is 51.9 Å². The first-order valence-corrected chi connectivity index (χ1v) is 13.1. The van der Waals surface area contributed by atoms with Crippen molar-refractivity contribution >= 4 is 19.9 Å². The number of sulfone groups is 1. The Balaban J connectivity index is 2.38. The summed E-state index contributed by atoms with van der Waals surface area (Å²) in [6, 6.07) is 4.03. The zero-order chi connectivity index (χ0) is 21.7. The van der Waals surface area contributed by atoms with Crippen LogP contribution < -0.4 is 9.47 Å². The van der Waals surface area contributed by atoms with Gasteiger partial charge in [-0.05, 0) is 44.6 Å². The first-order chi connectivity index (χ1) is 13.7. The van der Waals surface area contributed by atoms with Crippen LogP contribution in [0.2, 0.25) is 0 Å². The van der Waals surface area contributed by atoms with E-state index in [0.717, 1.165) is 19.6 Å². The fourth-order valence-corrected chi connectivity index (χ4v) is 7.29. The molecule has 0 radical (unpaired) electrons. The lowest BCUT2D eigenvalue weighted by molar-refractivity contribution is 0.269. The van der Waals surface area contributed by atoms with Gasteiger partial charge in [0.15, 0.2) is 9.84 Å². The number of methoxy groups -OCH3 is 2. The van der Waals surface area contributed by atoms with Crippen LogP contribution in [-0.4, -0.2) is 84.0 Å². The second kappa shape index (κ2) is 10.1. The average Bonchev–Trinajstić information content (AvgIpc) is 3.06. The number of benzene rings is 1. The molecule has 0 spiro atoms. The third-order valence-corrected chi connectivity index (χ3v) is 9.04. The number of sulfonamides is 1. The topological polar surface area (TPSA) is 93.2 Å². The molecule has 1 aliphatic heterocycles. The summed E-state index contributed by atoms with van der Waals surface area (Å²) in [4.78, 5) is 2.20. The van der Waals surface area contributed by atoms with Crippen molar-refractivity contribution in [3.8, 4) is 11.5 Å². The standard InChI is InChI=1S/C19H32N2O6S2/c1-5-20(6-2)11-7-12-21(16-10-13-28(22,23)15-16)29(24,25)19-14-17(26-3)8-9-18(19)27-4/h8-9,14,16H,5-7,10-13,15H2,1-4H3/t16-/m1/s1. The van der Waals surface area contributed by atoms with E-state index >= 15 is 0 Å². The molecule has 0 amide bonds. The third kappa shape index (κ3) is 5.84. The van der Waals surface area contributed by atoms with Crippen molar-refractivity contribution in [3.05, 3.63) is 18.2 Å². The minimum Gasteiger partial charge on any atom is -0.497 e.